The molecule has 0 aliphatic heterocycles. The van der Waals surface area contributed by atoms with Crippen LogP contribution in [-0.4, -0.2) is 0 Å². The largest absolute Gasteiger partial charge is 0.103 e. The summed E-state index contributed by atoms with van der Waals surface area (Å²) in [6.07, 6.45) is 5.79. The summed E-state index contributed by atoms with van der Waals surface area (Å²) in [5.74, 6) is 1.06. The van der Waals surface area contributed by atoms with Crippen LogP contribution in [0.4, 0.5) is 0 Å². The van der Waals surface area contributed by atoms with Crippen molar-refractivity contribution >= 4 is 12.2 Å². The van der Waals surface area contributed by atoms with Gasteiger partial charge in [0.1, 0.15) is 0 Å². The molecule has 0 saturated heterocycles. The topological polar surface area (TPSA) is 0 Å². The van der Waals surface area contributed by atoms with Gasteiger partial charge < -0.3 is 0 Å². The van der Waals surface area contributed by atoms with E-state index in [1.54, 1.807) is 0 Å². The summed E-state index contributed by atoms with van der Waals surface area (Å²) < 4.78 is 0. The van der Waals surface area contributed by atoms with Crippen molar-refractivity contribution in [3.05, 3.63) is 69.1 Å². The molecule has 0 atom stereocenters. The number of benzene rings is 2. The number of hydrogen-bond donors (Lipinski definition) is 0. The molecule has 0 spiro atoms. The Balaban J connectivity index is 2.17. The van der Waals surface area contributed by atoms with Gasteiger partial charge in [0.15, 0.2) is 0 Å². The maximum Gasteiger partial charge on any atom is 0.0325 e. The summed E-state index contributed by atoms with van der Waals surface area (Å²) in [6.45, 7) is 8.86. The molecule has 1 aliphatic carbocycles. The summed E-state index contributed by atoms with van der Waals surface area (Å²) >= 11 is 0. The molecule has 0 saturated carbocycles. The van der Waals surface area contributed by atoms with Crippen LogP contribution < -0.4 is 10.4 Å². The fourth-order valence-electron chi connectivity index (χ4n) is 2.55. The summed E-state index contributed by atoms with van der Waals surface area (Å²) in [6, 6.07) is 14.6. The number of hydrogen-bond acceptors (Lipinski definition) is 0. The van der Waals surface area contributed by atoms with E-state index in [4.69, 9.17) is 0 Å². The van der Waals surface area contributed by atoms with Crippen LogP contribution in [-0.2, 0) is 0 Å². The number of fused-ring (bicyclic) bond motifs is 2. The molecule has 2 aromatic rings. The molecule has 0 heterocycles. The van der Waals surface area contributed by atoms with Crippen LogP contribution in [0.25, 0.3) is 12.2 Å². The van der Waals surface area contributed by atoms with Crippen molar-refractivity contribution in [2.24, 2.45) is 0 Å². The number of rotatable bonds is 2. The van der Waals surface area contributed by atoms with Crippen LogP contribution in [0.2, 0.25) is 0 Å². The first-order valence-corrected chi connectivity index (χ1v) is 7.36. The lowest BCUT2D eigenvalue weighted by atomic mass is 9.92. The molecule has 0 aromatic heterocycles. The van der Waals surface area contributed by atoms with Gasteiger partial charge in [-0.3, -0.25) is 0 Å². The molecule has 3 rings (SSSR count). The van der Waals surface area contributed by atoms with E-state index in [0.29, 0.717) is 11.8 Å². The maximum atomic E-state index is 3.54. The molecule has 0 unspecified atom stereocenters. The van der Waals surface area contributed by atoms with Gasteiger partial charge in [-0.2, -0.15) is 0 Å². The molecular weight excluding hydrogens is 240 g/mol. The van der Waals surface area contributed by atoms with E-state index in [0.717, 1.165) is 5.56 Å². The van der Waals surface area contributed by atoms with Gasteiger partial charge in [-0.1, -0.05) is 52.0 Å². The van der Waals surface area contributed by atoms with E-state index in [1.165, 1.54) is 27.1 Å². The predicted octanol–water partition coefficient (Wildman–Crippen LogP) is 3.58. The third-order valence-corrected chi connectivity index (χ3v) is 3.94. The Hall–Kier alpha value is -1.91. The Kier molecular flexibility index (Phi) is 3.20. The summed E-state index contributed by atoms with van der Waals surface area (Å²) in [7, 11) is 0. The zero-order valence-corrected chi connectivity index (χ0v) is 12.6. The van der Waals surface area contributed by atoms with Crippen LogP contribution in [0.15, 0.2) is 30.3 Å². The highest BCUT2D eigenvalue weighted by atomic mass is 14.1. The van der Waals surface area contributed by atoms with Gasteiger partial charge >= 0.3 is 0 Å². The molecule has 0 N–H and O–H groups in total. The van der Waals surface area contributed by atoms with Gasteiger partial charge in [0.2, 0.25) is 0 Å². The third kappa shape index (κ3) is 2.28. The second-order valence-corrected chi connectivity index (χ2v) is 6.17. The zero-order chi connectivity index (χ0) is 14.3. The normalized spacial score (nSPS) is 12.3. The van der Waals surface area contributed by atoms with Gasteiger partial charge in [0.25, 0.3) is 0 Å². The highest BCUT2D eigenvalue weighted by Crippen LogP contribution is 2.20. The van der Waals surface area contributed by atoms with Crippen LogP contribution in [0.5, 0.6) is 0 Å². The smallest absolute Gasteiger partial charge is 0.0325 e. The van der Waals surface area contributed by atoms with E-state index in [2.05, 4.69) is 76.2 Å². The average molecular weight is 260 g/mol. The fourth-order valence-corrected chi connectivity index (χ4v) is 2.55. The summed E-state index contributed by atoms with van der Waals surface area (Å²) in [5, 5.41) is 2.45. The van der Waals surface area contributed by atoms with E-state index < -0.39 is 0 Å². The maximum absolute atomic E-state index is 3.54. The first-order chi connectivity index (χ1) is 9.54. The van der Waals surface area contributed by atoms with Crippen molar-refractivity contribution in [2.45, 2.75) is 39.5 Å². The SMILES string of the molecule is CC(C)c1[c-]c2c(cc1)C=c1ccc(C(C)C)cc1=[C+]2. The van der Waals surface area contributed by atoms with Crippen molar-refractivity contribution in [2.75, 3.05) is 0 Å². The molecule has 1 aliphatic rings. The van der Waals surface area contributed by atoms with E-state index in [-0.39, 0.29) is 0 Å². The van der Waals surface area contributed by atoms with Crippen molar-refractivity contribution in [3.8, 4) is 0 Å². The van der Waals surface area contributed by atoms with E-state index in [9.17, 15) is 0 Å². The van der Waals surface area contributed by atoms with Crippen LogP contribution in [0.3, 0.4) is 0 Å². The second-order valence-electron chi connectivity index (χ2n) is 6.17. The summed E-state index contributed by atoms with van der Waals surface area (Å²) in [4.78, 5) is 0. The Labute approximate surface area is 121 Å². The van der Waals surface area contributed by atoms with Gasteiger partial charge in [-0.15, -0.1) is 6.08 Å². The van der Waals surface area contributed by atoms with Crippen LogP contribution in [0, 0.1) is 6.07 Å². The average Bonchev–Trinajstić information content (AvgIpc) is 2.43. The molecule has 2 aromatic carbocycles. The Morgan fingerprint density at radius 3 is 2.45 bits per heavy atom. The monoisotopic (exact) mass is 260 g/mol. The molecule has 0 fully saturated rings. The van der Waals surface area contributed by atoms with Crippen molar-refractivity contribution < 1.29 is 0 Å². The Morgan fingerprint density at radius 2 is 1.75 bits per heavy atom. The van der Waals surface area contributed by atoms with Crippen molar-refractivity contribution in [1.82, 2.24) is 0 Å². The first-order valence-electron chi connectivity index (χ1n) is 7.36. The molecule has 0 heteroatoms. The fraction of sp³-hybridized carbons (Fsp3) is 0.300. The molecule has 0 amide bonds. The Bertz CT molecular complexity index is 761. The molecule has 20 heavy (non-hydrogen) atoms. The van der Waals surface area contributed by atoms with E-state index in [1.807, 2.05) is 0 Å². The lowest BCUT2D eigenvalue weighted by Gasteiger charge is -2.12. The lowest BCUT2D eigenvalue weighted by Crippen LogP contribution is -2.27. The quantitative estimate of drug-likeness (QED) is 0.618. The molecule has 0 bridgehead atoms. The predicted molar refractivity (Wildman–Crippen MR) is 85.2 cm³/mol. The minimum Gasteiger partial charge on any atom is -0.103 e. The minimum absolute atomic E-state index is 0.505. The molecule has 0 nitrogen and oxygen atoms in total. The van der Waals surface area contributed by atoms with Gasteiger partial charge in [-0.05, 0) is 45.9 Å². The summed E-state index contributed by atoms with van der Waals surface area (Å²) in [5.41, 5.74) is 4.95. The minimum atomic E-state index is 0.505. The highest BCUT2D eigenvalue weighted by molar-refractivity contribution is 5.69. The molecule has 100 valence electrons. The second kappa shape index (κ2) is 4.89. The zero-order valence-electron chi connectivity index (χ0n) is 12.6. The lowest BCUT2D eigenvalue weighted by molar-refractivity contribution is 0.863. The van der Waals surface area contributed by atoms with Crippen molar-refractivity contribution in [3.63, 3.8) is 0 Å². The first kappa shape index (κ1) is 13.1. The Morgan fingerprint density at radius 1 is 0.950 bits per heavy atom. The standard InChI is InChI=1S/C20H20/c1-13(2)15-5-7-17-11-18-8-6-16(14(3)4)10-20(18)12-19(17)9-15/h5-9,11,13-14H,1-4H3. The molecular formula is C20H20. The van der Waals surface area contributed by atoms with Crippen LogP contribution in [0.1, 0.15) is 61.8 Å². The highest BCUT2D eigenvalue weighted by Gasteiger charge is 2.08. The van der Waals surface area contributed by atoms with E-state index >= 15 is 0 Å². The van der Waals surface area contributed by atoms with Gasteiger partial charge in [0.05, 0.1) is 0 Å². The van der Waals surface area contributed by atoms with Gasteiger partial charge in [-0.25, -0.2) is 0 Å². The van der Waals surface area contributed by atoms with Crippen LogP contribution >= 0.6 is 0 Å². The molecule has 0 radical (unpaired) electrons. The third-order valence-electron chi connectivity index (χ3n) is 3.94. The van der Waals surface area contributed by atoms with Gasteiger partial charge in [0, 0.05) is 16.8 Å². The van der Waals surface area contributed by atoms with Crippen molar-refractivity contribution in [1.29, 1.82) is 0 Å².